The summed E-state index contributed by atoms with van der Waals surface area (Å²) >= 11 is 0. The molecule has 0 aromatic carbocycles. The van der Waals surface area contributed by atoms with Crippen molar-refractivity contribution in [2.45, 2.75) is 25.0 Å². The highest BCUT2D eigenvalue weighted by Gasteiger charge is 2.12. The van der Waals surface area contributed by atoms with Gasteiger partial charge in [-0.25, -0.2) is 10.7 Å². The van der Waals surface area contributed by atoms with Crippen LogP contribution in [0.4, 0.5) is 0 Å². The fourth-order valence-electron chi connectivity index (χ4n) is 1.19. The Morgan fingerprint density at radius 3 is 2.47 bits per heavy atom. The zero-order valence-corrected chi connectivity index (χ0v) is 9.78. The van der Waals surface area contributed by atoms with Crippen molar-refractivity contribution in [3.05, 3.63) is 0 Å². The molecule has 2 atom stereocenters. The van der Waals surface area contributed by atoms with Gasteiger partial charge in [0.05, 0.1) is 18.8 Å². The lowest BCUT2D eigenvalue weighted by Crippen LogP contribution is -2.32. The summed E-state index contributed by atoms with van der Waals surface area (Å²) in [4.78, 5) is 19.2. The number of rotatable bonds is 10. The Bertz CT molecular complexity index is 216. The van der Waals surface area contributed by atoms with Crippen LogP contribution in [0.15, 0.2) is 0 Å². The number of carbonyl (C=O) groups is 1. The van der Waals surface area contributed by atoms with Crippen LogP contribution in [0.5, 0.6) is 0 Å². The van der Waals surface area contributed by atoms with Crippen molar-refractivity contribution in [3.8, 4) is 0 Å². The maximum atomic E-state index is 10.2. The molecule has 0 saturated heterocycles. The van der Waals surface area contributed by atoms with E-state index >= 15 is 0 Å². The molecular formula is C9H20N2O6. The summed E-state index contributed by atoms with van der Waals surface area (Å²) in [5, 5.41) is 28.4. The molecule has 5 N–H and O–H groups in total. The summed E-state index contributed by atoms with van der Waals surface area (Å²) in [5.74, 6) is 3.70. The highest BCUT2D eigenvalue weighted by atomic mass is 16.7. The van der Waals surface area contributed by atoms with Crippen LogP contribution in [-0.4, -0.2) is 65.4 Å². The van der Waals surface area contributed by atoms with Gasteiger partial charge in [-0.2, -0.15) is 5.06 Å². The van der Waals surface area contributed by atoms with Gasteiger partial charge in [0.15, 0.2) is 6.61 Å². The van der Waals surface area contributed by atoms with Gasteiger partial charge in [0.2, 0.25) is 0 Å². The largest absolute Gasteiger partial charge is 0.479 e. The van der Waals surface area contributed by atoms with Gasteiger partial charge < -0.3 is 20.2 Å². The molecule has 0 amide bonds. The lowest BCUT2D eigenvalue weighted by molar-refractivity contribution is -0.178. The minimum atomic E-state index is -1.08. The van der Waals surface area contributed by atoms with Crippen molar-refractivity contribution < 1.29 is 29.8 Å². The molecular weight excluding hydrogens is 232 g/mol. The highest BCUT2D eigenvalue weighted by molar-refractivity contribution is 5.67. The second-order valence-corrected chi connectivity index (χ2v) is 3.70. The molecule has 8 nitrogen and oxygen atoms in total. The summed E-state index contributed by atoms with van der Waals surface area (Å²) in [6.07, 6.45) is -0.766. The predicted octanol–water partition coefficient (Wildman–Crippen LogP) is -1.67. The smallest absolute Gasteiger partial charge is 0.331 e. The molecule has 0 bridgehead atoms. The Morgan fingerprint density at radius 2 is 1.94 bits per heavy atom. The van der Waals surface area contributed by atoms with Gasteiger partial charge in [-0.3, -0.25) is 4.84 Å². The van der Waals surface area contributed by atoms with Crippen LogP contribution >= 0.6 is 0 Å². The Morgan fingerprint density at radius 1 is 1.35 bits per heavy atom. The van der Waals surface area contributed by atoms with E-state index in [0.717, 1.165) is 0 Å². The number of hydroxylamine groups is 2. The van der Waals surface area contributed by atoms with Gasteiger partial charge in [-0.1, -0.05) is 0 Å². The number of aliphatic hydroxyl groups excluding tert-OH is 2. The summed E-state index contributed by atoms with van der Waals surface area (Å²) < 4.78 is 0. The third-order valence-electron chi connectivity index (χ3n) is 2.00. The summed E-state index contributed by atoms with van der Waals surface area (Å²) in [6.45, 7) is -0.283. The zero-order chi connectivity index (χ0) is 13.3. The van der Waals surface area contributed by atoms with E-state index in [1.54, 1.807) is 0 Å². The first kappa shape index (κ1) is 16.2. The fraction of sp³-hybridized carbons (Fsp3) is 0.889. The molecule has 0 aromatic rings. The Hall–Kier alpha value is -0.770. The van der Waals surface area contributed by atoms with Crippen LogP contribution in [0.2, 0.25) is 0 Å². The molecule has 0 aliphatic rings. The van der Waals surface area contributed by atoms with Crippen LogP contribution in [0.1, 0.15) is 12.8 Å². The molecule has 0 fully saturated rings. The summed E-state index contributed by atoms with van der Waals surface area (Å²) in [5.41, 5.74) is 0. The summed E-state index contributed by atoms with van der Waals surface area (Å²) in [6, 6.07) is 0. The van der Waals surface area contributed by atoms with Gasteiger partial charge >= 0.3 is 5.97 Å². The quantitative estimate of drug-likeness (QED) is 0.340. The van der Waals surface area contributed by atoms with Crippen LogP contribution < -0.4 is 5.90 Å². The van der Waals surface area contributed by atoms with E-state index < -0.39 is 24.8 Å². The maximum absolute atomic E-state index is 10.2. The second kappa shape index (κ2) is 9.28. The number of carboxylic acids is 1. The van der Waals surface area contributed by atoms with Crippen LogP contribution in [0.25, 0.3) is 0 Å². The van der Waals surface area contributed by atoms with Gasteiger partial charge in [-0.05, 0) is 12.8 Å². The van der Waals surface area contributed by atoms with E-state index in [-0.39, 0.29) is 13.2 Å². The van der Waals surface area contributed by atoms with Crippen molar-refractivity contribution in [3.63, 3.8) is 0 Å². The molecule has 0 aromatic heterocycles. The van der Waals surface area contributed by atoms with E-state index in [9.17, 15) is 15.0 Å². The monoisotopic (exact) mass is 252 g/mol. The molecule has 0 aliphatic heterocycles. The standard InChI is InChI=1S/C9H20N2O6/c1-11(17-6-9(14)15)4-7(12)2-3-8(13)5-16-10/h7-8,12-13H,2-6,10H2,1H3,(H,14,15). The van der Waals surface area contributed by atoms with E-state index in [4.69, 9.17) is 15.8 Å². The molecule has 0 aliphatic carbocycles. The molecule has 2 unspecified atom stereocenters. The average Bonchev–Trinajstić information content (AvgIpc) is 2.24. The molecule has 8 heteroatoms. The normalized spacial score (nSPS) is 14.9. The SMILES string of the molecule is CN(CC(O)CCC(O)CON)OCC(=O)O. The Labute approximate surface area is 99.4 Å². The lowest BCUT2D eigenvalue weighted by Gasteiger charge is -2.20. The zero-order valence-electron chi connectivity index (χ0n) is 9.78. The average molecular weight is 252 g/mol. The number of hydrogen-bond donors (Lipinski definition) is 4. The molecule has 0 saturated carbocycles. The van der Waals surface area contributed by atoms with Gasteiger partial charge in [0.1, 0.15) is 0 Å². The Balaban J connectivity index is 3.62. The first-order valence-electron chi connectivity index (χ1n) is 5.19. The van der Waals surface area contributed by atoms with Crippen molar-refractivity contribution in [1.29, 1.82) is 0 Å². The second-order valence-electron chi connectivity index (χ2n) is 3.70. The fourth-order valence-corrected chi connectivity index (χ4v) is 1.19. The maximum Gasteiger partial charge on any atom is 0.331 e. The number of carboxylic acid groups (broad SMARTS) is 1. The van der Waals surface area contributed by atoms with Crippen LogP contribution in [0, 0.1) is 0 Å². The van der Waals surface area contributed by atoms with Gasteiger partial charge in [0.25, 0.3) is 0 Å². The molecule has 0 spiro atoms. The third kappa shape index (κ3) is 10.1. The topological polar surface area (TPSA) is 125 Å². The van der Waals surface area contributed by atoms with Crippen LogP contribution in [0.3, 0.4) is 0 Å². The number of aliphatic hydroxyl groups is 2. The predicted molar refractivity (Wildman–Crippen MR) is 57.6 cm³/mol. The minimum absolute atomic E-state index is 0.0120. The number of aliphatic carboxylic acids is 1. The number of likely N-dealkylation sites (N-methyl/N-ethyl adjacent to an activating group) is 1. The van der Waals surface area contributed by atoms with E-state index in [1.165, 1.54) is 12.1 Å². The minimum Gasteiger partial charge on any atom is -0.479 e. The van der Waals surface area contributed by atoms with Crippen molar-refractivity contribution in [2.75, 3.05) is 26.8 Å². The first-order valence-corrected chi connectivity index (χ1v) is 5.19. The van der Waals surface area contributed by atoms with E-state index in [2.05, 4.69) is 4.84 Å². The molecule has 0 rings (SSSR count). The Kier molecular flexibility index (Phi) is 8.86. The summed E-state index contributed by atoms with van der Waals surface area (Å²) in [7, 11) is 1.52. The molecule has 17 heavy (non-hydrogen) atoms. The van der Waals surface area contributed by atoms with Crippen molar-refractivity contribution >= 4 is 5.97 Å². The molecule has 0 heterocycles. The number of nitrogens with two attached hydrogens (primary N) is 1. The number of hydrogen-bond acceptors (Lipinski definition) is 7. The van der Waals surface area contributed by atoms with Crippen LogP contribution in [-0.2, 0) is 14.5 Å². The van der Waals surface area contributed by atoms with E-state index in [0.29, 0.717) is 12.8 Å². The highest BCUT2D eigenvalue weighted by Crippen LogP contribution is 2.03. The molecule has 102 valence electrons. The molecule has 0 radical (unpaired) electrons. The van der Waals surface area contributed by atoms with E-state index in [1.807, 2.05) is 0 Å². The number of nitrogens with zero attached hydrogens (tertiary/aromatic N) is 1. The van der Waals surface area contributed by atoms with Crippen molar-refractivity contribution in [2.24, 2.45) is 5.90 Å². The van der Waals surface area contributed by atoms with Gasteiger partial charge in [-0.15, -0.1) is 0 Å². The lowest BCUT2D eigenvalue weighted by atomic mass is 10.1. The first-order chi connectivity index (χ1) is 7.95. The third-order valence-corrected chi connectivity index (χ3v) is 2.00. The van der Waals surface area contributed by atoms with Gasteiger partial charge in [0, 0.05) is 13.6 Å². The van der Waals surface area contributed by atoms with Crippen molar-refractivity contribution in [1.82, 2.24) is 5.06 Å².